The van der Waals surface area contributed by atoms with E-state index in [0.717, 1.165) is 62.9 Å². The Morgan fingerprint density at radius 3 is 1.54 bits per heavy atom. The van der Waals surface area contributed by atoms with Crippen LogP contribution in [0.1, 0.15) is 142 Å². The molecule has 0 amide bonds. The number of carbonyl (C=O) groups is 2. The summed E-state index contributed by atoms with van der Waals surface area (Å²) in [5.41, 5.74) is 0. The molecule has 0 saturated carbocycles. The van der Waals surface area contributed by atoms with Crippen LogP contribution in [0.5, 0.6) is 0 Å². The highest BCUT2D eigenvalue weighted by Crippen LogP contribution is 2.43. The predicted octanol–water partition coefficient (Wildman–Crippen LogP) is 10.7. The predicted molar refractivity (Wildman–Crippen MR) is 222 cm³/mol. The average Bonchev–Trinajstić information content (AvgIpc) is 3.09. The second kappa shape index (κ2) is 35.9. The number of phosphoric acid groups is 1. The second-order valence-corrected chi connectivity index (χ2v) is 18.2. The van der Waals surface area contributed by atoms with E-state index >= 15 is 0 Å². The van der Waals surface area contributed by atoms with Gasteiger partial charge in [0.2, 0.25) is 0 Å². The number of allylic oxidation sites excluding steroid dienone is 4. The monoisotopic (exact) mass is 794 g/mol. The number of likely N-dealkylation sites (N-methyl/N-ethyl adjacent to an activating group) is 1. The summed E-state index contributed by atoms with van der Waals surface area (Å²) in [6.45, 7) is 4.33. The molecule has 0 aliphatic heterocycles. The molecule has 0 aromatic heterocycles. The molecule has 9 nitrogen and oxygen atoms in total. The first-order valence-electron chi connectivity index (χ1n) is 20.2. The van der Waals surface area contributed by atoms with E-state index in [2.05, 4.69) is 38.2 Å². The number of carbonyl (C=O) groups excluding carboxylic acids is 2. The Labute approximate surface area is 327 Å². The van der Waals surface area contributed by atoms with Crippen molar-refractivity contribution in [2.24, 2.45) is 0 Å². The summed E-state index contributed by atoms with van der Waals surface area (Å²) < 4.78 is 34.1. The molecule has 0 saturated heterocycles. The molecule has 52 heavy (non-hydrogen) atoms. The second-order valence-electron chi connectivity index (χ2n) is 14.6. The van der Waals surface area contributed by atoms with Crippen molar-refractivity contribution in [3.63, 3.8) is 0 Å². The van der Waals surface area contributed by atoms with Crippen LogP contribution in [0.4, 0.5) is 0 Å². The maximum atomic E-state index is 12.6. The summed E-state index contributed by atoms with van der Waals surface area (Å²) in [5.74, 6) is 1.14. The summed E-state index contributed by atoms with van der Waals surface area (Å²) in [6, 6.07) is 0. The summed E-state index contributed by atoms with van der Waals surface area (Å²) in [6.07, 6.45) is 32.4. The fourth-order valence-corrected chi connectivity index (χ4v) is 7.34. The minimum atomic E-state index is -4.38. The largest absolute Gasteiger partial charge is 0.472 e. The van der Waals surface area contributed by atoms with Gasteiger partial charge in [0.1, 0.15) is 19.8 Å². The van der Waals surface area contributed by atoms with Crippen LogP contribution >= 0.6 is 31.3 Å². The summed E-state index contributed by atoms with van der Waals surface area (Å²) in [5, 5.41) is 0. The van der Waals surface area contributed by atoms with Gasteiger partial charge in [-0.2, -0.15) is 23.5 Å². The summed E-state index contributed by atoms with van der Waals surface area (Å²) in [4.78, 5) is 35.2. The first kappa shape index (κ1) is 51.2. The third-order valence-corrected chi connectivity index (χ3v) is 11.2. The molecule has 0 rings (SSSR count). The van der Waals surface area contributed by atoms with Gasteiger partial charge in [0.25, 0.3) is 0 Å². The van der Waals surface area contributed by atoms with Crippen molar-refractivity contribution in [3.8, 4) is 0 Å². The van der Waals surface area contributed by atoms with Gasteiger partial charge >= 0.3 is 19.8 Å². The zero-order chi connectivity index (χ0) is 38.6. The van der Waals surface area contributed by atoms with E-state index in [1.165, 1.54) is 101 Å². The Balaban J connectivity index is 4.41. The number of ether oxygens (including phenoxy) is 2. The molecule has 0 aliphatic rings. The summed E-state index contributed by atoms with van der Waals surface area (Å²) >= 11 is 3.01. The quantitative estimate of drug-likeness (QED) is 0.0213. The lowest BCUT2D eigenvalue weighted by Gasteiger charge is -2.24. The van der Waals surface area contributed by atoms with Crippen LogP contribution in [0, 0.1) is 0 Å². The fraction of sp³-hybridized carbons (Fsp3) is 0.850. The van der Waals surface area contributed by atoms with E-state index in [4.69, 9.17) is 18.5 Å². The van der Waals surface area contributed by atoms with Gasteiger partial charge in [0, 0.05) is 0 Å². The molecule has 0 fully saturated rings. The molecule has 1 unspecified atom stereocenters. The maximum absolute atomic E-state index is 12.6. The van der Waals surface area contributed by atoms with Crippen molar-refractivity contribution in [1.29, 1.82) is 0 Å². The Morgan fingerprint density at radius 2 is 1.08 bits per heavy atom. The van der Waals surface area contributed by atoms with E-state index in [9.17, 15) is 19.0 Å². The average molecular weight is 795 g/mol. The van der Waals surface area contributed by atoms with Gasteiger partial charge in [0.05, 0.1) is 39.3 Å². The SMILES string of the molecule is CCCCCCC/C=C\CCCCCSCC(=O)OC[C@H](COP(=O)(O)OCC[N+](C)(C)C)OC(=O)CSCCCCC/C=C\CCCCCCC. The van der Waals surface area contributed by atoms with Gasteiger partial charge in [-0.05, 0) is 75.7 Å². The maximum Gasteiger partial charge on any atom is 0.472 e. The van der Waals surface area contributed by atoms with Crippen LogP contribution < -0.4 is 0 Å². The van der Waals surface area contributed by atoms with Crippen molar-refractivity contribution < 1.29 is 42.1 Å². The Hall–Kier alpha value is -0.810. The lowest BCUT2D eigenvalue weighted by molar-refractivity contribution is -0.870. The van der Waals surface area contributed by atoms with E-state index in [-0.39, 0.29) is 24.7 Å². The smallest absolute Gasteiger partial charge is 0.461 e. The molecule has 0 aromatic rings. The van der Waals surface area contributed by atoms with Gasteiger partial charge in [-0.15, -0.1) is 0 Å². The lowest BCUT2D eigenvalue weighted by atomic mass is 10.1. The molecule has 2 atom stereocenters. The van der Waals surface area contributed by atoms with Gasteiger partial charge in [0.15, 0.2) is 6.10 Å². The van der Waals surface area contributed by atoms with Gasteiger partial charge in [-0.25, -0.2) is 4.57 Å². The number of hydrogen-bond donors (Lipinski definition) is 1. The van der Waals surface area contributed by atoms with Crippen molar-refractivity contribution in [1.82, 2.24) is 0 Å². The van der Waals surface area contributed by atoms with Crippen molar-refractivity contribution in [2.75, 3.05) is 70.5 Å². The zero-order valence-corrected chi connectivity index (χ0v) is 36.2. The van der Waals surface area contributed by atoms with Crippen molar-refractivity contribution in [3.05, 3.63) is 24.3 Å². The molecule has 0 heterocycles. The number of esters is 2. The number of hydrogen-bond acceptors (Lipinski definition) is 9. The first-order valence-corrected chi connectivity index (χ1v) is 24.0. The Morgan fingerprint density at radius 1 is 0.635 bits per heavy atom. The van der Waals surface area contributed by atoms with Crippen LogP contribution in [0.15, 0.2) is 24.3 Å². The van der Waals surface area contributed by atoms with E-state index in [0.29, 0.717) is 11.0 Å². The topological polar surface area (TPSA) is 108 Å². The third kappa shape index (κ3) is 38.9. The van der Waals surface area contributed by atoms with Crippen LogP contribution in [0.2, 0.25) is 0 Å². The van der Waals surface area contributed by atoms with Crippen molar-refractivity contribution in [2.45, 2.75) is 148 Å². The molecule has 0 aromatic carbocycles. The molecule has 1 N–H and O–H groups in total. The molecule has 0 bridgehead atoms. The van der Waals surface area contributed by atoms with Crippen molar-refractivity contribution >= 4 is 43.3 Å². The van der Waals surface area contributed by atoms with Gasteiger partial charge in [-0.3, -0.25) is 18.6 Å². The molecular weight excluding hydrogens is 718 g/mol. The minimum Gasteiger partial charge on any atom is -0.461 e. The molecule has 306 valence electrons. The first-order chi connectivity index (χ1) is 25.0. The molecule has 0 spiro atoms. The fourth-order valence-electron chi connectivity index (χ4n) is 5.01. The van der Waals surface area contributed by atoms with Gasteiger partial charge < -0.3 is 18.9 Å². The minimum absolute atomic E-state index is 0.0237. The number of thioether (sulfide) groups is 2. The van der Waals surface area contributed by atoms with Crippen LogP contribution in [-0.4, -0.2) is 97.9 Å². The highest BCUT2D eigenvalue weighted by atomic mass is 32.2. The zero-order valence-electron chi connectivity index (χ0n) is 33.7. The van der Waals surface area contributed by atoms with E-state index < -0.39 is 32.5 Å². The standard InChI is InChI=1S/C40H76NO8PS2/c1-6-8-10-12-14-16-18-20-22-24-26-28-32-51-36-39(42)46-34-38(35-48-50(44,45)47-31-30-41(3,4)5)49-40(43)37-52-33-29-27-25-23-21-19-17-15-13-11-9-7-2/h18-21,38H,6-17,22-37H2,1-5H3/p+1/b20-18-,21-19-/t38-/m1/s1. The highest BCUT2D eigenvalue weighted by molar-refractivity contribution is 8.00. The van der Waals surface area contributed by atoms with Gasteiger partial charge in [-0.1, -0.05) is 102 Å². The Bertz CT molecular complexity index is 960. The van der Waals surface area contributed by atoms with E-state index in [1.807, 2.05) is 21.1 Å². The van der Waals surface area contributed by atoms with Crippen LogP contribution in [-0.2, 0) is 32.7 Å². The van der Waals surface area contributed by atoms with Crippen LogP contribution in [0.3, 0.4) is 0 Å². The third-order valence-electron chi connectivity index (χ3n) is 8.21. The number of phosphoric ester groups is 1. The lowest BCUT2D eigenvalue weighted by Crippen LogP contribution is -2.37. The number of nitrogens with zero attached hydrogens (tertiary/aromatic N) is 1. The van der Waals surface area contributed by atoms with Crippen LogP contribution in [0.25, 0.3) is 0 Å². The number of rotatable bonds is 38. The number of unbranched alkanes of at least 4 members (excludes halogenated alkanes) is 16. The summed E-state index contributed by atoms with van der Waals surface area (Å²) in [7, 11) is 1.45. The molecule has 0 aliphatic carbocycles. The molecular formula is C40H77NO8PS2+. The van der Waals surface area contributed by atoms with E-state index in [1.54, 1.807) is 0 Å². The Kier molecular flexibility index (Phi) is 35.3. The number of quaternary nitrogens is 1. The molecule has 0 radical (unpaired) electrons. The normalized spacial score (nSPS) is 13.9. The highest BCUT2D eigenvalue weighted by Gasteiger charge is 2.27. The molecule has 12 heteroatoms.